The molecule has 0 aromatic heterocycles. The number of halogens is 3. The van der Waals surface area contributed by atoms with Crippen molar-refractivity contribution in [3.63, 3.8) is 0 Å². The van der Waals surface area contributed by atoms with Crippen molar-refractivity contribution >= 4 is 49.2 Å². The molecule has 25 heavy (non-hydrogen) atoms. The molecule has 1 saturated heterocycles. The van der Waals surface area contributed by atoms with Gasteiger partial charge in [-0.3, -0.25) is 4.90 Å². The zero-order chi connectivity index (χ0) is 18.0. The van der Waals surface area contributed by atoms with E-state index in [0.717, 1.165) is 6.54 Å². The molecule has 1 heterocycles. The van der Waals surface area contributed by atoms with Crippen LogP contribution in [0.15, 0.2) is 51.8 Å². The Morgan fingerprint density at radius 1 is 0.960 bits per heavy atom. The van der Waals surface area contributed by atoms with Crippen molar-refractivity contribution in [2.24, 2.45) is 0 Å². The molecule has 2 aromatic rings. The number of sulfonamides is 1. The second-order valence-corrected chi connectivity index (χ2v) is 9.47. The molecular formula is C17H17BrCl2N2O2S. The molecule has 4 nitrogen and oxygen atoms in total. The number of piperazine rings is 1. The SMILES string of the molecule is O=S(=O)(c1c(Cl)cc(Br)cc1Cl)N1CCN(Cc2ccccc2)CC1. The van der Waals surface area contributed by atoms with Gasteiger partial charge in [0.2, 0.25) is 10.0 Å². The maximum Gasteiger partial charge on any atom is 0.246 e. The van der Waals surface area contributed by atoms with Crippen molar-refractivity contribution in [2.45, 2.75) is 11.4 Å². The molecule has 8 heteroatoms. The molecule has 2 aromatic carbocycles. The molecule has 0 radical (unpaired) electrons. The summed E-state index contributed by atoms with van der Waals surface area (Å²) in [5.41, 5.74) is 1.22. The van der Waals surface area contributed by atoms with E-state index in [-0.39, 0.29) is 14.9 Å². The summed E-state index contributed by atoms with van der Waals surface area (Å²) < 4.78 is 28.0. The molecule has 0 unspecified atom stereocenters. The quantitative estimate of drug-likeness (QED) is 0.679. The molecule has 134 valence electrons. The summed E-state index contributed by atoms with van der Waals surface area (Å²) in [4.78, 5) is 2.22. The largest absolute Gasteiger partial charge is 0.296 e. The number of hydrogen-bond donors (Lipinski definition) is 0. The molecular weight excluding hydrogens is 447 g/mol. The topological polar surface area (TPSA) is 40.6 Å². The van der Waals surface area contributed by atoms with Crippen LogP contribution in [0.25, 0.3) is 0 Å². The van der Waals surface area contributed by atoms with Gasteiger partial charge in [-0.1, -0.05) is 69.5 Å². The zero-order valence-corrected chi connectivity index (χ0v) is 17.2. The molecule has 0 saturated carbocycles. The summed E-state index contributed by atoms with van der Waals surface area (Å²) in [7, 11) is -3.71. The Morgan fingerprint density at radius 3 is 2.08 bits per heavy atom. The van der Waals surface area contributed by atoms with Crippen LogP contribution in [-0.2, 0) is 16.6 Å². The lowest BCUT2D eigenvalue weighted by Crippen LogP contribution is -2.48. The lowest BCUT2D eigenvalue weighted by molar-refractivity contribution is 0.181. The molecule has 0 bridgehead atoms. The summed E-state index contributed by atoms with van der Waals surface area (Å²) in [6.07, 6.45) is 0. The number of benzene rings is 2. The summed E-state index contributed by atoms with van der Waals surface area (Å²) in [5.74, 6) is 0. The highest BCUT2D eigenvalue weighted by atomic mass is 79.9. The van der Waals surface area contributed by atoms with Gasteiger partial charge < -0.3 is 0 Å². The van der Waals surface area contributed by atoms with Crippen LogP contribution >= 0.6 is 39.1 Å². The minimum atomic E-state index is -3.71. The summed E-state index contributed by atoms with van der Waals surface area (Å²) >= 11 is 15.6. The van der Waals surface area contributed by atoms with E-state index >= 15 is 0 Å². The van der Waals surface area contributed by atoms with Crippen LogP contribution in [0.2, 0.25) is 10.0 Å². The minimum Gasteiger partial charge on any atom is -0.296 e. The predicted molar refractivity (Wildman–Crippen MR) is 105 cm³/mol. The molecule has 0 atom stereocenters. The van der Waals surface area contributed by atoms with E-state index in [1.165, 1.54) is 9.87 Å². The molecule has 1 fully saturated rings. The van der Waals surface area contributed by atoms with Crippen molar-refractivity contribution in [2.75, 3.05) is 26.2 Å². The third-order valence-electron chi connectivity index (χ3n) is 4.14. The molecule has 0 spiro atoms. The average Bonchev–Trinajstić information content (AvgIpc) is 2.55. The maximum absolute atomic E-state index is 12.9. The average molecular weight is 464 g/mol. The molecule has 3 rings (SSSR count). The second-order valence-electron chi connectivity index (χ2n) is 5.86. The van der Waals surface area contributed by atoms with Gasteiger partial charge in [0.05, 0.1) is 10.0 Å². The summed E-state index contributed by atoms with van der Waals surface area (Å²) in [5, 5.41) is 0.261. The van der Waals surface area contributed by atoms with Gasteiger partial charge in [-0.05, 0) is 17.7 Å². The highest BCUT2D eigenvalue weighted by molar-refractivity contribution is 9.10. The van der Waals surface area contributed by atoms with E-state index in [4.69, 9.17) is 23.2 Å². The van der Waals surface area contributed by atoms with E-state index in [2.05, 4.69) is 33.0 Å². The molecule has 0 N–H and O–H groups in total. The van der Waals surface area contributed by atoms with Crippen molar-refractivity contribution in [3.8, 4) is 0 Å². The van der Waals surface area contributed by atoms with Crippen molar-refractivity contribution in [1.82, 2.24) is 9.21 Å². The van der Waals surface area contributed by atoms with E-state index in [9.17, 15) is 8.42 Å². The molecule has 1 aliphatic heterocycles. The Kier molecular flexibility index (Phi) is 6.08. The van der Waals surface area contributed by atoms with Crippen LogP contribution in [0.1, 0.15) is 5.56 Å². The summed E-state index contributed by atoms with van der Waals surface area (Å²) in [6, 6.07) is 13.2. The Hall–Kier alpha value is -0.630. The van der Waals surface area contributed by atoms with Gasteiger partial charge in [0.1, 0.15) is 4.90 Å². The van der Waals surface area contributed by atoms with Crippen LogP contribution in [-0.4, -0.2) is 43.8 Å². The Labute approximate surface area is 166 Å². The van der Waals surface area contributed by atoms with Gasteiger partial charge in [0.25, 0.3) is 0 Å². The fourth-order valence-electron chi connectivity index (χ4n) is 2.87. The van der Waals surface area contributed by atoms with Gasteiger partial charge in [0, 0.05) is 37.2 Å². The normalized spacial score (nSPS) is 16.9. The minimum absolute atomic E-state index is 0.0180. The first-order valence-electron chi connectivity index (χ1n) is 7.79. The number of rotatable bonds is 4. The highest BCUT2D eigenvalue weighted by Gasteiger charge is 2.32. The first kappa shape index (κ1) is 19.1. The first-order chi connectivity index (χ1) is 11.9. The lowest BCUT2D eigenvalue weighted by Gasteiger charge is -2.34. The van der Waals surface area contributed by atoms with Crippen molar-refractivity contribution in [3.05, 3.63) is 62.5 Å². The Balaban J connectivity index is 1.72. The van der Waals surface area contributed by atoms with Crippen LogP contribution in [0, 0.1) is 0 Å². The van der Waals surface area contributed by atoms with Crippen LogP contribution < -0.4 is 0 Å². The van der Waals surface area contributed by atoms with Gasteiger partial charge >= 0.3 is 0 Å². The Bertz CT molecular complexity index is 831. The van der Waals surface area contributed by atoms with E-state index in [1.54, 1.807) is 12.1 Å². The van der Waals surface area contributed by atoms with Crippen molar-refractivity contribution in [1.29, 1.82) is 0 Å². The highest BCUT2D eigenvalue weighted by Crippen LogP contribution is 2.35. The van der Waals surface area contributed by atoms with Crippen molar-refractivity contribution < 1.29 is 8.42 Å². The Morgan fingerprint density at radius 2 is 1.52 bits per heavy atom. The molecule has 0 amide bonds. The standard InChI is InChI=1S/C17H17BrCl2N2O2S/c18-14-10-15(19)17(16(20)11-14)25(23,24)22-8-6-21(7-9-22)12-13-4-2-1-3-5-13/h1-5,10-11H,6-9,12H2. The fraction of sp³-hybridized carbons (Fsp3) is 0.294. The van der Waals surface area contributed by atoms with Gasteiger partial charge in [0.15, 0.2) is 0 Å². The molecule has 1 aliphatic rings. The second kappa shape index (κ2) is 7.94. The third-order valence-corrected chi connectivity index (χ3v) is 7.42. The van der Waals surface area contributed by atoms with E-state index in [0.29, 0.717) is 30.7 Å². The number of nitrogens with zero attached hydrogens (tertiary/aromatic N) is 2. The lowest BCUT2D eigenvalue weighted by atomic mass is 10.2. The summed E-state index contributed by atoms with van der Waals surface area (Å²) in [6.45, 7) is 2.98. The third kappa shape index (κ3) is 4.38. The van der Waals surface area contributed by atoms with E-state index < -0.39 is 10.0 Å². The maximum atomic E-state index is 12.9. The van der Waals surface area contributed by atoms with E-state index in [1.807, 2.05) is 18.2 Å². The van der Waals surface area contributed by atoms with Gasteiger partial charge in [-0.25, -0.2) is 8.42 Å². The molecule has 0 aliphatic carbocycles. The van der Waals surface area contributed by atoms with Gasteiger partial charge in [-0.15, -0.1) is 0 Å². The fourth-order valence-corrected chi connectivity index (χ4v) is 6.18. The first-order valence-corrected chi connectivity index (χ1v) is 10.8. The van der Waals surface area contributed by atoms with Crippen LogP contribution in [0.4, 0.5) is 0 Å². The monoisotopic (exact) mass is 462 g/mol. The van der Waals surface area contributed by atoms with Crippen LogP contribution in [0.5, 0.6) is 0 Å². The van der Waals surface area contributed by atoms with Crippen LogP contribution in [0.3, 0.4) is 0 Å². The number of hydrogen-bond acceptors (Lipinski definition) is 3. The zero-order valence-electron chi connectivity index (χ0n) is 13.3. The predicted octanol–water partition coefficient (Wildman–Crippen LogP) is 4.26. The van der Waals surface area contributed by atoms with Gasteiger partial charge in [-0.2, -0.15) is 4.31 Å². The smallest absolute Gasteiger partial charge is 0.246 e.